The third-order valence-corrected chi connectivity index (χ3v) is 4.41. The molecule has 1 unspecified atom stereocenters. The maximum atomic E-state index is 11.9. The van der Waals surface area contributed by atoms with Gasteiger partial charge in [-0.3, -0.25) is 9.69 Å². The van der Waals surface area contributed by atoms with Gasteiger partial charge in [0.15, 0.2) is 0 Å². The van der Waals surface area contributed by atoms with Crippen LogP contribution in [0.2, 0.25) is 0 Å². The maximum Gasteiger partial charge on any atom is 0.240 e. The van der Waals surface area contributed by atoms with Crippen LogP contribution < -0.4 is 4.90 Å². The van der Waals surface area contributed by atoms with Gasteiger partial charge < -0.3 is 0 Å². The van der Waals surface area contributed by atoms with Gasteiger partial charge in [0.05, 0.1) is 5.75 Å². The molecule has 2 heterocycles. The molecule has 4 nitrogen and oxygen atoms in total. The molecule has 1 fully saturated rings. The molecule has 0 aliphatic carbocycles. The summed E-state index contributed by atoms with van der Waals surface area (Å²) >= 11 is 3.02. The summed E-state index contributed by atoms with van der Waals surface area (Å²) in [6.45, 7) is 0. The van der Waals surface area contributed by atoms with Crippen LogP contribution in [0.1, 0.15) is 10.9 Å². The lowest BCUT2D eigenvalue weighted by Crippen LogP contribution is -2.27. The Balaban J connectivity index is 1.98. The zero-order valence-electron chi connectivity index (χ0n) is 8.81. The molecule has 1 aromatic heterocycles. The number of rotatable bonds is 2. The Bertz CT molecular complexity index is 515. The number of amides is 1. The number of nitrogens with zero attached hydrogens (tertiary/aromatic N) is 3. The minimum Gasteiger partial charge on any atom is -0.273 e. The quantitative estimate of drug-likeness (QED) is 0.834. The maximum absolute atomic E-state index is 11.9. The van der Waals surface area contributed by atoms with E-state index < -0.39 is 0 Å². The molecule has 2 aromatic rings. The molecule has 1 amide bonds. The summed E-state index contributed by atoms with van der Waals surface area (Å²) in [6.07, 6.45) is 0. The van der Waals surface area contributed by atoms with Crippen molar-refractivity contribution < 1.29 is 4.79 Å². The van der Waals surface area contributed by atoms with E-state index >= 15 is 0 Å². The number of carbonyl (C=O) groups excluding carboxylic acids is 1. The molecule has 0 radical (unpaired) electrons. The first kappa shape index (κ1) is 10.7. The van der Waals surface area contributed by atoms with Crippen LogP contribution >= 0.6 is 23.1 Å². The van der Waals surface area contributed by atoms with E-state index in [1.165, 1.54) is 11.3 Å². The molecule has 86 valence electrons. The van der Waals surface area contributed by atoms with Gasteiger partial charge in [0, 0.05) is 0 Å². The predicted molar refractivity (Wildman–Crippen MR) is 69.0 cm³/mol. The van der Waals surface area contributed by atoms with Crippen molar-refractivity contribution in [1.82, 2.24) is 10.2 Å². The highest BCUT2D eigenvalue weighted by molar-refractivity contribution is 8.00. The number of benzene rings is 1. The van der Waals surface area contributed by atoms with Gasteiger partial charge in [-0.25, -0.2) is 0 Å². The monoisotopic (exact) mass is 263 g/mol. The standard InChI is InChI=1S/C11H9N3OS2/c15-9-6-16-10(8-4-2-1-3-5-8)14(9)11-13-12-7-17-11/h1-5,7,10H,6H2. The molecule has 1 aliphatic rings. The first-order chi connectivity index (χ1) is 8.36. The topological polar surface area (TPSA) is 46.1 Å². The van der Waals surface area contributed by atoms with Crippen LogP contribution in [0.25, 0.3) is 0 Å². The van der Waals surface area contributed by atoms with Crippen molar-refractivity contribution >= 4 is 34.1 Å². The molecule has 17 heavy (non-hydrogen) atoms. The molecule has 1 atom stereocenters. The second-order valence-electron chi connectivity index (χ2n) is 3.56. The summed E-state index contributed by atoms with van der Waals surface area (Å²) < 4.78 is 0. The van der Waals surface area contributed by atoms with Gasteiger partial charge in [0.25, 0.3) is 0 Å². The van der Waals surface area contributed by atoms with E-state index in [0.717, 1.165) is 5.56 Å². The predicted octanol–water partition coefficient (Wildman–Crippen LogP) is 2.32. The van der Waals surface area contributed by atoms with E-state index in [9.17, 15) is 4.79 Å². The summed E-state index contributed by atoms with van der Waals surface area (Å²) in [6, 6.07) is 10.0. The lowest BCUT2D eigenvalue weighted by atomic mass is 10.2. The van der Waals surface area contributed by atoms with E-state index in [4.69, 9.17) is 0 Å². The number of anilines is 1. The average molecular weight is 263 g/mol. The number of carbonyl (C=O) groups is 1. The highest BCUT2D eigenvalue weighted by Crippen LogP contribution is 2.41. The number of thioether (sulfide) groups is 1. The zero-order valence-corrected chi connectivity index (χ0v) is 10.4. The molecule has 0 N–H and O–H groups in total. The van der Waals surface area contributed by atoms with Gasteiger partial charge in [-0.15, -0.1) is 22.0 Å². The molecular formula is C11H9N3OS2. The first-order valence-corrected chi connectivity index (χ1v) is 7.04. The fraction of sp³-hybridized carbons (Fsp3) is 0.182. The highest BCUT2D eigenvalue weighted by Gasteiger charge is 2.35. The van der Waals surface area contributed by atoms with Crippen molar-refractivity contribution in [3.8, 4) is 0 Å². The molecule has 1 saturated heterocycles. The summed E-state index contributed by atoms with van der Waals surface area (Å²) in [5.74, 6) is 0.597. The van der Waals surface area contributed by atoms with Crippen LogP contribution in [-0.2, 0) is 4.79 Å². The number of hydrogen-bond donors (Lipinski definition) is 0. The minimum atomic E-state index is 0.0247. The van der Waals surface area contributed by atoms with Crippen molar-refractivity contribution in [2.24, 2.45) is 0 Å². The largest absolute Gasteiger partial charge is 0.273 e. The average Bonchev–Trinajstić information content (AvgIpc) is 2.99. The van der Waals surface area contributed by atoms with E-state index in [2.05, 4.69) is 10.2 Å². The van der Waals surface area contributed by atoms with Crippen molar-refractivity contribution in [2.45, 2.75) is 5.37 Å². The van der Waals surface area contributed by atoms with E-state index in [1.807, 2.05) is 30.3 Å². The Labute approximate surface area is 107 Å². The van der Waals surface area contributed by atoms with Gasteiger partial charge >= 0.3 is 0 Å². The number of hydrogen-bond acceptors (Lipinski definition) is 5. The summed E-state index contributed by atoms with van der Waals surface area (Å²) in [5.41, 5.74) is 2.77. The van der Waals surface area contributed by atoms with Crippen LogP contribution in [0, 0.1) is 0 Å². The third kappa shape index (κ3) is 1.94. The molecule has 1 aliphatic heterocycles. The van der Waals surface area contributed by atoms with Gasteiger partial charge in [0.1, 0.15) is 10.9 Å². The molecule has 0 saturated carbocycles. The van der Waals surface area contributed by atoms with Crippen molar-refractivity contribution in [3.63, 3.8) is 0 Å². The molecule has 3 rings (SSSR count). The second kappa shape index (κ2) is 4.46. The van der Waals surface area contributed by atoms with Gasteiger partial charge in [-0.1, -0.05) is 41.7 Å². The van der Waals surface area contributed by atoms with Crippen LogP contribution in [0.15, 0.2) is 35.8 Å². The van der Waals surface area contributed by atoms with E-state index in [0.29, 0.717) is 10.9 Å². The molecule has 0 bridgehead atoms. The highest BCUT2D eigenvalue weighted by atomic mass is 32.2. The van der Waals surface area contributed by atoms with Gasteiger partial charge in [-0.2, -0.15) is 0 Å². The summed E-state index contributed by atoms with van der Waals surface area (Å²) in [5, 5.41) is 8.48. The first-order valence-electron chi connectivity index (χ1n) is 5.11. The van der Waals surface area contributed by atoms with Crippen molar-refractivity contribution in [1.29, 1.82) is 0 Å². The van der Waals surface area contributed by atoms with Crippen LogP contribution in [0.3, 0.4) is 0 Å². The smallest absolute Gasteiger partial charge is 0.240 e. The van der Waals surface area contributed by atoms with Crippen molar-refractivity contribution in [3.05, 3.63) is 41.4 Å². The lowest BCUT2D eigenvalue weighted by molar-refractivity contribution is -0.115. The summed E-state index contributed by atoms with van der Waals surface area (Å²) in [4.78, 5) is 13.6. The lowest BCUT2D eigenvalue weighted by Gasteiger charge is -2.20. The van der Waals surface area contributed by atoms with Crippen LogP contribution in [0.5, 0.6) is 0 Å². The van der Waals surface area contributed by atoms with Crippen molar-refractivity contribution in [2.75, 3.05) is 10.7 Å². The van der Waals surface area contributed by atoms with E-state index in [-0.39, 0.29) is 11.3 Å². The molecule has 0 spiro atoms. The fourth-order valence-corrected chi connectivity index (χ4v) is 3.59. The van der Waals surface area contributed by atoms with Gasteiger partial charge in [-0.05, 0) is 5.56 Å². The molecular weight excluding hydrogens is 254 g/mol. The Kier molecular flexibility index (Phi) is 2.82. The third-order valence-electron chi connectivity index (χ3n) is 2.51. The SMILES string of the molecule is O=C1CSC(c2ccccc2)N1c1nncs1. The zero-order chi connectivity index (χ0) is 11.7. The summed E-state index contributed by atoms with van der Waals surface area (Å²) in [7, 11) is 0. The Hall–Kier alpha value is -1.40. The second-order valence-corrected chi connectivity index (χ2v) is 5.44. The van der Waals surface area contributed by atoms with Crippen LogP contribution in [-0.4, -0.2) is 21.9 Å². The Morgan fingerprint density at radius 1 is 1.29 bits per heavy atom. The fourth-order valence-electron chi connectivity index (χ4n) is 1.77. The molecule has 6 heteroatoms. The van der Waals surface area contributed by atoms with Gasteiger partial charge in [0.2, 0.25) is 11.0 Å². The normalized spacial score (nSPS) is 19.9. The minimum absolute atomic E-state index is 0.0247. The Morgan fingerprint density at radius 2 is 2.12 bits per heavy atom. The van der Waals surface area contributed by atoms with Crippen LogP contribution in [0.4, 0.5) is 5.13 Å². The molecule has 1 aromatic carbocycles. The van der Waals surface area contributed by atoms with E-state index in [1.54, 1.807) is 22.2 Å². The number of aromatic nitrogens is 2. The Morgan fingerprint density at radius 3 is 2.82 bits per heavy atom.